The Bertz CT molecular complexity index is 736. The van der Waals surface area contributed by atoms with E-state index in [1.165, 1.54) is 5.56 Å². The second-order valence-electron chi connectivity index (χ2n) is 6.54. The van der Waals surface area contributed by atoms with Crippen molar-refractivity contribution in [1.82, 2.24) is 10.2 Å². The molecule has 0 amide bonds. The van der Waals surface area contributed by atoms with E-state index in [4.69, 9.17) is 4.74 Å². The SMILES string of the molecule is CN(C)CCOc1ccc(CCNCCc2c(Br)cccc2[N+](=O)[O-])cc1. The Morgan fingerprint density at radius 1 is 1.11 bits per heavy atom. The number of nitrogens with zero attached hydrogens (tertiary/aromatic N) is 2. The van der Waals surface area contributed by atoms with Crippen LogP contribution >= 0.6 is 15.9 Å². The molecule has 146 valence electrons. The highest BCUT2D eigenvalue weighted by Crippen LogP contribution is 2.26. The van der Waals surface area contributed by atoms with Crippen LogP contribution in [0, 0.1) is 10.1 Å². The molecule has 27 heavy (non-hydrogen) atoms. The number of nitro groups is 1. The first-order chi connectivity index (χ1) is 13.0. The third kappa shape index (κ3) is 7.28. The average molecular weight is 436 g/mol. The van der Waals surface area contributed by atoms with Gasteiger partial charge in [-0.2, -0.15) is 0 Å². The largest absolute Gasteiger partial charge is 0.492 e. The molecule has 0 saturated heterocycles. The molecule has 1 N–H and O–H groups in total. The molecule has 7 heteroatoms. The van der Waals surface area contributed by atoms with E-state index in [1.807, 2.05) is 32.3 Å². The molecule has 2 aromatic carbocycles. The van der Waals surface area contributed by atoms with Crippen molar-refractivity contribution >= 4 is 21.6 Å². The Morgan fingerprint density at radius 3 is 2.48 bits per heavy atom. The fourth-order valence-electron chi connectivity index (χ4n) is 2.64. The van der Waals surface area contributed by atoms with Gasteiger partial charge in [-0.1, -0.05) is 34.1 Å². The minimum atomic E-state index is -0.331. The van der Waals surface area contributed by atoms with Crippen LogP contribution in [0.15, 0.2) is 46.9 Å². The second kappa shape index (κ2) is 11.0. The van der Waals surface area contributed by atoms with Crippen molar-refractivity contribution in [2.24, 2.45) is 0 Å². The zero-order valence-corrected chi connectivity index (χ0v) is 17.4. The van der Waals surface area contributed by atoms with Gasteiger partial charge in [0.1, 0.15) is 12.4 Å². The number of hydrogen-bond acceptors (Lipinski definition) is 5. The number of ether oxygens (including phenoxy) is 1. The van der Waals surface area contributed by atoms with Gasteiger partial charge in [0, 0.05) is 22.6 Å². The quantitative estimate of drug-likeness (QED) is 0.331. The smallest absolute Gasteiger partial charge is 0.273 e. The van der Waals surface area contributed by atoms with E-state index in [1.54, 1.807) is 12.1 Å². The van der Waals surface area contributed by atoms with Crippen molar-refractivity contribution in [3.05, 3.63) is 68.2 Å². The van der Waals surface area contributed by atoms with Gasteiger partial charge in [-0.15, -0.1) is 0 Å². The van der Waals surface area contributed by atoms with E-state index < -0.39 is 0 Å². The van der Waals surface area contributed by atoms with Crippen LogP contribution in [0.25, 0.3) is 0 Å². The van der Waals surface area contributed by atoms with Crippen molar-refractivity contribution in [3.63, 3.8) is 0 Å². The van der Waals surface area contributed by atoms with Crippen LogP contribution in [-0.2, 0) is 12.8 Å². The molecule has 0 radical (unpaired) electrons. The minimum Gasteiger partial charge on any atom is -0.492 e. The normalized spacial score (nSPS) is 11.0. The van der Waals surface area contributed by atoms with Gasteiger partial charge in [0.05, 0.1) is 4.92 Å². The molecule has 0 aliphatic carbocycles. The van der Waals surface area contributed by atoms with Crippen LogP contribution in [0.5, 0.6) is 5.75 Å². The van der Waals surface area contributed by atoms with Gasteiger partial charge < -0.3 is 15.0 Å². The summed E-state index contributed by atoms with van der Waals surface area (Å²) in [5, 5.41) is 14.5. The first-order valence-electron chi connectivity index (χ1n) is 8.96. The lowest BCUT2D eigenvalue weighted by Gasteiger charge is -2.11. The summed E-state index contributed by atoms with van der Waals surface area (Å²) >= 11 is 3.41. The summed E-state index contributed by atoms with van der Waals surface area (Å²) in [6.45, 7) is 3.07. The van der Waals surface area contributed by atoms with Crippen molar-refractivity contribution in [2.45, 2.75) is 12.8 Å². The minimum absolute atomic E-state index is 0.163. The van der Waals surface area contributed by atoms with Gasteiger partial charge >= 0.3 is 0 Å². The molecule has 2 aromatic rings. The number of hydrogen-bond donors (Lipinski definition) is 1. The molecule has 0 bridgehead atoms. The van der Waals surface area contributed by atoms with E-state index in [2.05, 4.69) is 38.3 Å². The molecule has 0 saturated carbocycles. The maximum atomic E-state index is 11.1. The Morgan fingerprint density at radius 2 is 1.81 bits per heavy atom. The number of benzene rings is 2. The van der Waals surface area contributed by atoms with Crippen molar-refractivity contribution < 1.29 is 9.66 Å². The topological polar surface area (TPSA) is 67.6 Å². The summed E-state index contributed by atoms with van der Waals surface area (Å²) in [4.78, 5) is 12.9. The van der Waals surface area contributed by atoms with Crippen molar-refractivity contribution in [1.29, 1.82) is 0 Å². The van der Waals surface area contributed by atoms with Gasteiger partial charge in [0.25, 0.3) is 5.69 Å². The molecule has 0 heterocycles. The summed E-state index contributed by atoms with van der Waals surface area (Å²) in [6.07, 6.45) is 1.51. The predicted molar refractivity (Wildman–Crippen MR) is 112 cm³/mol. The number of nitro benzene ring substituents is 1. The van der Waals surface area contributed by atoms with E-state index >= 15 is 0 Å². The highest BCUT2D eigenvalue weighted by atomic mass is 79.9. The Balaban J connectivity index is 1.72. The molecule has 0 unspecified atom stereocenters. The van der Waals surface area contributed by atoms with Crippen molar-refractivity contribution in [2.75, 3.05) is 40.3 Å². The van der Waals surface area contributed by atoms with Crippen LogP contribution in [0.2, 0.25) is 0 Å². The first kappa shape index (κ1) is 21.3. The number of rotatable bonds is 11. The van der Waals surface area contributed by atoms with Crippen LogP contribution in [0.4, 0.5) is 5.69 Å². The maximum Gasteiger partial charge on any atom is 0.273 e. The summed E-state index contributed by atoms with van der Waals surface area (Å²) < 4.78 is 6.47. The Hall–Kier alpha value is -1.96. The third-order valence-corrected chi connectivity index (χ3v) is 4.91. The molecule has 0 aromatic heterocycles. The Labute approximate surface area is 168 Å². The lowest BCUT2D eigenvalue weighted by atomic mass is 10.1. The van der Waals surface area contributed by atoms with Crippen LogP contribution in [0.3, 0.4) is 0 Å². The maximum absolute atomic E-state index is 11.1. The molecule has 2 rings (SSSR count). The van der Waals surface area contributed by atoms with Gasteiger partial charge in [-0.3, -0.25) is 10.1 Å². The molecule has 0 aliphatic heterocycles. The zero-order chi connectivity index (χ0) is 19.6. The molecule has 0 aliphatic rings. The average Bonchev–Trinajstić information content (AvgIpc) is 2.63. The van der Waals surface area contributed by atoms with Gasteiger partial charge in [0.15, 0.2) is 0 Å². The van der Waals surface area contributed by atoms with E-state index in [-0.39, 0.29) is 10.6 Å². The number of halogens is 1. The zero-order valence-electron chi connectivity index (χ0n) is 15.8. The second-order valence-corrected chi connectivity index (χ2v) is 7.39. The van der Waals surface area contributed by atoms with Crippen LogP contribution in [0.1, 0.15) is 11.1 Å². The highest BCUT2D eigenvalue weighted by molar-refractivity contribution is 9.10. The summed E-state index contributed by atoms with van der Waals surface area (Å²) in [5.74, 6) is 0.884. The van der Waals surface area contributed by atoms with E-state index in [0.29, 0.717) is 19.6 Å². The standard InChI is InChI=1S/C20H26BrN3O3/c1-23(2)14-15-27-17-8-6-16(7-9-17)10-12-22-13-11-18-19(21)4-3-5-20(18)24(25)26/h3-9,22H,10-15H2,1-2H3. The molecule has 0 atom stereocenters. The van der Waals surface area contributed by atoms with Gasteiger partial charge in [0.2, 0.25) is 0 Å². The fourth-order valence-corrected chi connectivity index (χ4v) is 3.19. The molecule has 0 fully saturated rings. The number of nitrogens with one attached hydrogen (secondary N) is 1. The first-order valence-corrected chi connectivity index (χ1v) is 9.75. The Kier molecular flexibility index (Phi) is 8.71. The van der Waals surface area contributed by atoms with Gasteiger partial charge in [-0.05, 0) is 63.8 Å². The molecular weight excluding hydrogens is 410 g/mol. The third-order valence-electron chi connectivity index (χ3n) is 4.16. The lowest BCUT2D eigenvalue weighted by Crippen LogP contribution is -2.20. The molecule has 6 nitrogen and oxygen atoms in total. The van der Waals surface area contributed by atoms with E-state index in [9.17, 15) is 10.1 Å². The van der Waals surface area contributed by atoms with E-state index in [0.717, 1.165) is 35.3 Å². The predicted octanol–water partition coefficient (Wildman–Crippen LogP) is 3.67. The highest BCUT2D eigenvalue weighted by Gasteiger charge is 2.15. The lowest BCUT2D eigenvalue weighted by molar-refractivity contribution is -0.385. The molecule has 0 spiro atoms. The van der Waals surface area contributed by atoms with Gasteiger partial charge in [-0.25, -0.2) is 0 Å². The fraction of sp³-hybridized carbons (Fsp3) is 0.400. The summed E-state index contributed by atoms with van der Waals surface area (Å²) in [7, 11) is 4.04. The monoisotopic (exact) mass is 435 g/mol. The number of likely N-dealkylation sites (N-methyl/N-ethyl adjacent to an activating group) is 1. The van der Waals surface area contributed by atoms with Crippen LogP contribution in [-0.4, -0.2) is 50.2 Å². The van der Waals surface area contributed by atoms with Crippen LogP contribution < -0.4 is 10.1 Å². The summed E-state index contributed by atoms with van der Waals surface area (Å²) in [5.41, 5.74) is 2.12. The van der Waals surface area contributed by atoms with Crippen molar-refractivity contribution in [3.8, 4) is 5.75 Å². The molecular formula is C20H26BrN3O3. The summed E-state index contributed by atoms with van der Waals surface area (Å²) in [6, 6.07) is 13.2.